The van der Waals surface area contributed by atoms with E-state index in [2.05, 4.69) is 16.0 Å². The fraction of sp³-hybridized carbons (Fsp3) is 0.348. The van der Waals surface area contributed by atoms with Crippen LogP contribution in [0.5, 0.6) is 11.5 Å². The standard InChI is InChI=1S/C23H29N3O6/c1-23(2,3)32-22(29)25-14-20(27)26-17-9-7-6-8-16(17)13-24-21(28)15-10-11-18(30-4)19(12-15)31-5/h6-12H,13-14H2,1-5H3,(H,24,28)(H,25,29)(H,26,27). The van der Waals surface area contributed by atoms with Gasteiger partial charge in [0.05, 0.1) is 14.2 Å². The Morgan fingerprint density at radius 3 is 2.25 bits per heavy atom. The molecule has 0 radical (unpaired) electrons. The van der Waals surface area contributed by atoms with Crippen LogP contribution >= 0.6 is 0 Å². The Labute approximate surface area is 187 Å². The van der Waals surface area contributed by atoms with Crippen LogP contribution in [-0.2, 0) is 16.1 Å². The molecule has 3 amide bonds. The molecule has 0 fully saturated rings. The van der Waals surface area contributed by atoms with Crippen LogP contribution in [0.1, 0.15) is 36.7 Å². The van der Waals surface area contributed by atoms with Gasteiger partial charge in [-0.25, -0.2) is 4.79 Å². The lowest BCUT2D eigenvalue weighted by atomic mass is 10.1. The van der Waals surface area contributed by atoms with Crippen molar-refractivity contribution < 1.29 is 28.6 Å². The van der Waals surface area contributed by atoms with Crippen molar-refractivity contribution in [3.8, 4) is 11.5 Å². The zero-order chi connectivity index (χ0) is 23.7. The fourth-order valence-corrected chi connectivity index (χ4v) is 2.71. The molecule has 9 heteroatoms. The minimum absolute atomic E-state index is 0.184. The third-order valence-electron chi connectivity index (χ3n) is 4.17. The number of carbonyl (C=O) groups excluding carboxylic acids is 3. The van der Waals surface area contributed by atoms with Gasteiger partial charge in [0.2, 0.25) is 5.91 Å². The van der Waals surface area contributed by atoms with Gasteiger partial charge in [-0.15, -0.1) is 0 Å². The fourth-order valence-electron chi connectivity index (χ4n) is 2.71. The van der Waals surface area contributed by atoms with Gasteiger partial charge in [0.25, 0.3) is 5.91 Å². The molecule has 2 rings (SSSR count). The van der Waals surface area contributed by atoms with E-state index < -0.39 is 17.6 Å². The summed E-state index contributed by atoms with van der Waals surface area (Å²) in [5, 5.41) is 7.95. The van der Waals surface area contributed by atoms with Crippen LogP contribution in [-0.4, -0.2) is 44.3 Å². The lowest BCUT2D eigenvalue weighted by Crippen LogP contribution is -2.37. The highest BCUT2D eigenvalue weighted by molar-refractivity contribution is 5.96. The first-order valence-electron chi connectivity index (χ1n) is 9.97. The summed E-state index contributed by atoms with van der Waals surface area (Å²) in [5.41, 5.74) is 0.980. The number of ether oxygens (including phenoxy) is 3. The molecule has 0 saturated heterocycles. The maximum atomic E-state index is 12.6. The van der Waals surface area contributed by atoms with E-state index >= 15 is 0 Å². The van der Waals surface area contributed by atoms with E-state index in [-0.39, 0.29) is 19.0 Å². The van der Waals surface area contributed by atoms with Gasteiger partial charge in [-0.3, -0.25) is 9.59 Å². The van der Waals surface area contributed by atoms with Crippen molar-refractivity contribution >= 4 is 23.6 Å². The van der Waals surface area contributed by atoms with Crippen LogP contribution in [0.2, 0.25) is 0 Å². The number of methoxy groups -OCH3 is 2. The summed E-state index contributed by atoms with van der Waals surface area (Å²) in [7, 11) is 3.02. The summed E-state index contributed by atoms with van der Waals surface area (Å²) >= 11 is 0. The van der Waals surface area contributed by atoms with Crippen molar-refractivity contribution in [2.75, 3.05) is 26.1 Å². The van der Waals surface area contributed by atoms with Crippen LogP contribution in [0.3, 0.4) is 0 Å². The third kappa shape index (κ3) is 7.50. The number of para-hydroxylation sites is 1. The normalized spacial score (nSPS) is 10.7. The minimum atomic E-state index is -0.678. The quantitative estimate of drug-likeness (QED) is 0.578. The van der Waals surface area contributed by atoms with Crippen LogP contribution in [0.4, 0.5) is 10.5 Å². The van der Waals surface area contributed by atoms with Gasteiger partial charge in [0.1, 0.15) is 12.1 Å². The molecule has 32 heavy (non-hydrogen) atoms. The highest BCUT2D eigenvalue weighted by Crippen LogP contribution is 2.27. The van der Waals surface area contributed by atoms with Crippen molar-refractivity contribution in [2.45, 2.75) is 32.9 Å². The van der Waals surface area contributed by atoms with Crippen LogP contribution in [0.25, 0.3) is 0 Å². The Kier molecular flexibility index (Phi) is 8.46. The van der Waals surface area contributed by atoms with Gasteiger partial charge in [0.15, 0.2) is 11.5 Å². The Balaban J connectivity index is 1.96. The zero-order valence-corrected chi connectivity index (χ0v) is 18.9. The highest BCUT2D eigenvalue weighted by Gasteiger charge is 2.17. The molecule has 9 nitrogen and oxygen atoms in total. The summed E-state index contributed by atoms with van der Waals surface area (Å²) in [5.74, 6) is 0.246. The van der Waals surface area contributed by atoms with Gasteiger partial charge in [-0.05, 0) is 50.6 Å². The molecule has 0 saturated carbocycles. The van der Waals surface area contributed by atoms with Gasteiger partial charge in [-0.2, -0.15) is 0 Å². The van der Waals surface area contributed by atoms with Crippen molar-refractivity contribution in [1.29, 1.82) is 0 Å². The summed E-state index contributed by atoms with van der Waals surface area (Å²) in [6.07, 6.45) is -0.678. The molecular weight excluding hydrogens is 414 g/mol. The number of alkyl carbamates (subject to hydrolysis) is 1. The number of hydrogen-bond acceptors (Lipinski definition) is 6. The molecule has 0 bridgehead atoms. The molecule has 0 aliphatic carbocycles. The van der Waals surface area contributed by atoms with E-state index in [0.29, 0.717) is 28.3 Å². The third-order valence-corrected chi connectivity index (χ3v) is 4.17. The Morgan fingerprint density at radius 2 is 1.59 bits per heavy atom. The maximum absolute atomic E-state index is 12.6. The molecule has 0 aliphatic heterocycles. The first-order chi connectivity index (χ1) is 15.1. The molecule has 0 aromatic heterocycles. The number of anilines is 1. The maximum Gasteiger partial charge on any atom is 0.408 e. The van der Waals surface area contributed by atoms with E-state index in [1.54, 1.807) is 63.2 Å². The van der Waals surface area contributed by atoms with E-state index in [1.807, 2.05) is 0 Å². The molecule has 0 spiro atoms. The van der Waals surface area contributed by atoms with Crippen molar-refractivity contribution in [3.63, 3.8) is 0 Å². The Hall–Kier alpha value is -3.75. The van der Waals surface area contributed by atoms with E-state index in [4.69, 9.17) is 14.2 Å². The number of nitrogens with one attached hydrogen (secondary N) is 3. The van der Waals surface area contributed by atoms with Gasteiger partial charge in [0, 0.05) is 17.8 Å². The SMILES string of the molecule is COc1ccc(C(=O)NCc2ccccc2NC(=O)CNC(=O)OC(C)(C)C)cc1OC. The number of amides is 3. The number of benzene rings is 2. The smallest absolute Gasteiger partial charge is 0.408 e. The van der Waals surface area contributed by atoms with E-state index in [1.165, 1.54) is 14.2 Å². The molecule has 0 heterocycles. The summed E-state index contributed by atoms with van der Waals surface area (Å²) in [6, 6.07) is 11.9. The lowest BCUT2D eigenvalue weighted by Gasteiger charge is -2.19. The molecule has 3 N–H and O–H groups in total. The predicted octanol–water partition coefficient (Wildman–Crippen LogP) is 3.10. The van der Waals surface area contributed by atoms with Crippen molar-refractivity contribution in [3.05, 3.63) is 53.6 Å². The van der Waals surface area contributed by atoms with Gasteiger partial charge >= 0.3 is 6.09 Å². The average Bonchev–Trinajstić information content (AvgIpc) is 2.75. The highest BCUT2D eigenvalue weighted by atomic mass is 16.6. The Bertz CT molecular complexity index is 968. The van der Waals surface area contributed by atoms with Crippen molar-refractivity contribution in [1.82, 2.24) is 10.6 Å². The van der Waals surface area contributed by atoms with Crippen LogP contribution < -0.4 is 25.4 Å². The van der Waals surface area contributed by atoms with Gasteiger partial charge < -0.3 is 30.2 Å². The first kappa shape index (κ1) is 24.5. The topological polar surface area (TPSA) is 115 Å². The molecule has 2 aromatic carbocycles. The number of carbonyl (C=O) groups is 3. The molecule has 2 aromatic rings. The molecule has 0 aliphatic rings. The minimum Gasteiger partial charge on any atom is -0.493 e. The van der Waals surface area contributed by atoms with Crippen LogP contribution in [0.15, 0.2) is 42.5 Å². The largest absolute Gasteiger partial charge is 0.493 e. The average molecular weight is 444 g/mol. The molecule has 0 unspecified atom stereocenters. The first-order valence-corrected chi connectivity index (χ1v) is 9.97. The van der Waals surface area contributed by atoms with Crippen LogP contribution in [0, 0.1) is 0 Å². The Morgan fingerprint density at radius 1 is 0.906 bits per heavy atom. The van der Waals surface area contributed by atoms with Gasteiger partial charge in [-0.1, -0.05) is 18.2 Å². The van der Waals surface area contributed by atoms with E-state index in [9.17, 15) is 14.4 Å². The second kappa shape index (κ2) is 11.0. The second-order valence-corrected chi connectivity index (χ2v) is 7.81. The molecule has 0 atom stereocenters. The summed E-state index contributed by atoms with van der Waals surface area (Å²) < 4.78 is 15.5. The number of rotatable bonds is 8. The zero-order valence-electron chi connectivity index (χ0n) is 18.9. The monoisotopic (exact) mass is 443 g/mol. The predicted molar refractivity (Wildman–Crippen MR) is 120 cm³/mol. The lowest BCUT2D eigenvalue weighted by molar-refractivity contribution is -0.115. The second-order valence-electron chi connectivity index (χ2n) is 7.81. The molecular formula is C23H29N3O6. The summed E-state index contributed by atoms with van der Waals surface area (Å²) in [4.78, 5) is 36.5. The molecule has 172 valence electrons. The summed E-state index contributed by atoms with van der Waals surface area (Å²) in [6.45, 7) is 5.14. The number of hydrogen-bond donors (Lipinski definition) is 3. The van der Waals surface area contributed by atoms with E-state index in [0.717, 1.165) is 0 Å². The van der Waals surface area contributed by atoms with Crippen molar-refractivity contribution in [2.24, 2.45) is 0 Å².